The molecule has 1 aromatic rings. The number of nitrogens with one attached hydrogen (secondary N) is 2. The predicted octanol–water partition coefficient (Wildman–Crippen LogP) is 0.992. The Morgan fingerprint density at radius 2 is 1.95 bits per heavy atom. The third-order valence-corrected chi connectivity index (χ3v) is 3.98. The van der Waals surface area contributed by atoms with Gasteiger partial charge in [0.2, 0.25) is 0 Å². The largest absolute Gasteiger partial charge is 0.452 e. The molecular weight excluding hydrogens is 286 g/mol. The maximum Gasteiger partial charge on any atom is 0.344 e. The SMILES string of the molecule is Cc1n[nH]c(=O)c(C(=O)OCC(=O)NC2CCCCC2)c1C. The highest BCUT2D eigenvalue weighted by atomic mass is 16.5. The minimum atomic E-state index is -0.803. The standard InChI is InChI=1S/C15H21N3O4/c1-9-10(2)17-18-14(20)13(9)15(21)22-8-12(19)16-11-6-4-3-5-7-11/h11H,3-8H2,1-2H3,(H,16,19)(H,18,20). The zero-order chi connectivity index (χ0) is 16.1. The molecule has 0 aliphatic heterocycles. The van der Waals surface area contributed by atoms with Crippen LogP contribution in [0.2, 0.25) is 0 Å². The zero-order valence-electron chi connectivity index (χ0n) is 12.9. The monoisotopic (exact) mass is 307 g/mol. The Morgan fingerprint density at radius 3 is 2.64 bits per heavy atom. The minimum absolute atomic E-state index is 0.0991. The average Bonchev–Trinajstić information content (AvgIpc) is 2.50. The number of carbonyl (C=O) groups is 2. The second-order valence-corrected chi connectivity index (χ2v) is 5.62. The van der Waals surface area contributed by atoms with Gasteiger partial charge in [-0.05, 0) is 32.3 Å². The van der Waals surface area contributed by atoms with Gasteiger partial charge in [-0.2, -0.15) is 5.10 Å². The van der Waals surface area contributed by atoms with E-state index in [2.05, 4.69) is 15.5 Å². The molecule has 0 bridgehead atoms. The second-order valence-electron chi connectivity index (χ2n) is 5.62. The molecule has 120 valence electrons. The Balaban J connectivity index is 1.91. The summed E-state index contributed by atoms with van der Waals surface area (Å²) >= 11 is 0. The number of aromatic amines is 1. The molecule has 0 atom stereocenters. The molecule has 0 spiro atoms. The molecule has 1 aliphatic carbocycles. The highest BCUT2D eigenvalue weighted by molar-refractivity contribution is 5.92. The molecule has 1 fully saturated rings. The normalized spacial score (nSPS) is 15.4. The fourth-order valence-electron chi connectivity index (χ4n) is 2.59. The lowest BCUT2D eigenvalue weighted by Crippen LogP contribution is -2.39. The lowest BCUT2D eigenvalue weighted by Gasteiger charge is -2.22. The Hall–Kier alpha value is -2.18. The van der Waals surface area contributed by atoms with Gasteiger partial charge in [-0.15, -0.1) is 0 Å². The average molecular weight is 307 g/mol. The predicted molar refractivity (Wildman–Crippen MR) is 79.6 cm³/mol. The summed E-state index contributed by atoms with van der Waals surface area (Å²) in [5.74, 6) is -1.14. The van der Waals surface area contributed by atoms with Crippen LogP contribution in [0.1, 0.15) is 53.7 Å². The van der Waals surface area contributed by atoms with Crippen LogP contribution in [0.15, 0.2) is 4.79 Å². The number of aromatic nitrogens is 2. The molecule has 0 saturated heterocycles. The number of hydrogen-bond acceptors (Lipinski definition) is 5. The number of ether oxygens (including phenoxy) is 1. The quantitative estimate of drug-likeness (QED) is 0.808. The number of nitrogens with zero attached hydrogens (tertiary/aromatic N) is 1. The number of hydrogen-bond donors (Lipinski definition) is 2. The molecule has 7 nitrogen and oxygen atoms in total. The molecule has 0 radical (unpaired) electrons. The van der Waals surface area contributed by atoms with Gasteiger partial charge in [-0.1, -0.05) is 19.3 Å². The van der Waals surface area contributed by atoms with Crippen molar-refractivity contribution in [3.05, 3.63) is 27.2 Å². The van der Waals surface area contributed by atoms with Gasteiger partial charge >= 0.3 is 5.97 Å². The highest BCUT2D eigenvalue weighted by Crippen LogP contribution is 2.17. The van der Waals surface area contributed by atoms with Gasteiger partial charge in [0, 0.05) is 6.04 Å². The van der Waals surface area contributed by atoms with Crippen LogP contribution in [0, 0.1) is 13.8 Å². The van der Waals surface area contributed by atoms with Crippen LogP contribution in [0.3, 0.4) is 0 Å². The van der Waals surface area contributed by atoms with Gasteiger partial charge in [0.15, 0.2) is 6.61 Å². The van der Waals surface area contributed by atoms with Crippen LogP contribution >= 0.6 is 0 Å². The number of H-pyrrole nitrogens is 1. The number of carbonyl (C=O) groups excluding carboxylic acids is 2. The van der Waals surface area contributed by atoms with E-state index >= 15 is 0 Å². The summed E-state index contributed by atoms with van der Waals surface area (Å²) in [5.41, 5.74) is 0.290. The maximum absolute atomic E-state index is 12.0. The molecule has 2 rings (SSSR count). The van der Waals surface area contributed by atoms with E-state index in [0.717, 1.165) is 25.7 Å². The first kappa shape index (κ1) is 16.2. The van der Waals surface area contributed by atoms with Crippen LogP contribution in [0.5, 0.6) is 0 Å². The maximum atomic E-state index is 12.0. The fourth-order valence-corrected chi connectivity index (χ4v) is 2.59. The molecule has 7 heteroatoms. The van der Waals surface area contributed by atoms with Crippen LogP contribution in [-0.4, -0.2) is 34.7 Å². The highest BCUT2D eigenvalue weighted by Gasteiger charge is 2.20. The van der Waals surface area contributed by atoms with Gasteiger partial charge < -0.3 is 10.1 Å². The summed E-state index contributed by atoms with van der Waals surface area (Å²) in [6.07, 6.45) is 5.33. The van der Waals surface area contributed by atoms with Crippen molar-refractivity contribution in [2.45, 2.75) is 52.0 Å². The topological polar surface area (TPSA) is 101 Å². The number of esters is 1. The van der Waals surface area contributed by atoms with E-state index in [1.807, 2.05) is 0 Å². The third-order valence-electron chi connectivity index (χ3n) is 3.98. The lowest BCUT2D eigenvalue weighted by atomic mass is 9.95. The first-order valence-corrected chi connectivity index (χ1v) is 7.51. The van der Waals surface area contributed by atoms with Crippen molar-refractivity contribution >= 4 is 11.9 Å². The molecule has 22 heavy (non-hydrogen) atoms. The van der Waals surface area contributed by atoms with Crippen LogP contribution < -0.4 is 10.9 Å². The number of rotatable bonds is 4. The van der Waals surface area contributed by atoms with Crippen LogP contribution in [-0.2, 0) is 9.53 Å². The summed E-state index contributed by atoms with van der Waals surface area (Å²) in [5, 5.41) is 8.86. The number of amides is 1. The van der Waals surface area contributed by atoms with Crippen molar-refractivity contribution in [3.8, 4) is 0 Å². The van der Waals surface area contributed by atoms with E-state index < -0.39 is 11.5 Å². The Bertz CT molecular complexity index is 618. The van der Waals surface area contributed by atoms with Gasteiger partial charge in [-0.3, -0.25) is 9.59 Å². The first-order valence-electron chi connectivity index (χ1n) is 7.51. The summed E-state index contributed by atoms with van der Waals surface area (Å²) < 4.78 is 4.95. The van der Waals surface area contributed by atoms with E-state index in [0.29, 0.717) is 11.3 Å². The molecule has 1 amide bonds. The minimum Gasteiger partial charge on any atom is -0.452 e. The third kappa shape index (κ3) is 3.93. The Morgan fingerprint density at radius 1 is 1.27 bits per heavy atom. The van der Waals surface area contributed by atoms with E-state index in [4.69, 9.17) is 4.74 Å². The Kier molecular flexibility index (Phi) is 5.30. The summed E-state index contributed by atoms with van der Waals surface area (Å²) in [4.78, 5) is 35.5. The van der Waals surface area contributed by atoms with Gasteiger partial charge in [0.1, 0.15) is 5.56 Å². The molecule has 1 aromatic heterocycles. The second kappa shape index (κ2) is 7.20. The van der Waals surface area contributed by atoms with Crippen molar-refractivity contribution in [2.75, 3.05) is 6.61 Å². The van der Waals surface area contributed by atoms with Crippen LogP contribution in [0.25, 0.3) is 0 Å². The van der Waals surface area contributed by atoms with E-state index in [1.165, 1.54) is 6.42 Å². The summed E-state index contributed by atoms with van der Waals surface area (Å²) in [6, 6.07) is 0.160. The van der Waals surface area contributed by atoms with E-state index in [-0.39, 0.29) is 24.1 Å². The Labute approximate surface area is 128 Å². The zero-order valence-corrected chi connectivity index (χ0v) is 12.9. The summed E-state index contributed by atoms with van der Waals surface area (Å²) in [7, 11) is 0. The molecule has 0 aromatic carbocycles. The molecule has 2 N–H and O–H groups in total. The van der Waals surface area contributed by atoms with Crippen molar-refractivity contribution in [1.82, 2.24) is 15.5 Å². The molecule has 1 saturated carbocycles. The molecule has 0 unspecified atom stereocenters. The van der Waals surface area contributed by atoms with Crippen molar-refractivity contribution in [2.24, 2.45) is 0 Å². The molecular formula is C15H21N3O4. The van der Waals surface area contributed by atoms with E-state index in [9.17, 15) is 14.4 Å². The molecule has 1 aliphatic rings. The first-order chi connectivity index (χ1) is 10.5. The fraction of sp³-hybridized carbons (Fsp3) is 0.600. The van der Waals surface area contributed by atoms with E-state index in [1.54, 1.807) is 13.8 Å². The van der Waals surface area contributed by atoms with Crippen molar-refractivity contribution < 1.29 is 14.3 Å². The smallest absolute Gasteiger partial charge is 0.344 e. The number of aryl methyl sites for hydroxylation is 1. The van der Waals surface area contributed by atoms with Gasteiger partial charge in [0.05, 0.1) is 5.69 Å². The molecule has 1 heterocycles. The van der Waals surface area contributed by atoms with Crippen molar-refractivity contribution in [1.29, 1.82) is 0 Å². The van der Waals surface area contributed by atoms with Gasteiger partial charge in [0.25, 0.3) is 11.5 Å². The lowest BCUT2D eigenvalue weighted by molar-refractivity contribution is -0.125. The van der Waals surface area contributed by atoms with Crippen molar-refractivity contribution in [3.63, 3.8) is 0 Å². The van der Waals surface area contributed by atoms with Gasteiger partial charge in [-0.25, -0.2) is 9.89 Å². The van der Waals surface area contributed by atoms with Crippen LogP contribution in [0.4, 0.5) is 0 Å². The summed E-state index contributed by atoms with van der Waals surface area (Å²) in [6.45, 7) is 2.92.